The number of nitrogens with zero attached hydrogens (tertiary/aromatic N) is 1. The third kappa shape index (κ3) is 4.72. The number of amides is 2. The summed E-state index contributed by atoms with van der Waals surface area (Å²) in [5.74, 6) is -0.614. The summed E-state index contributed by atoms with van der Waals surface area (Å²) in [7, 11) is -3.47. The van der Waals surface area contributed by atoms with E-state index in [1.165, 1.54) is 4.31 Å². The zero-order chi connectivity index (χ0) is 20.4. The van der Waals surface area contributed by atoms with Gasteiger partial charge in [0.25, 0.3) is 0 Å². The summed E-state index contributed by atoms with van der Waals surface area (Å²) in [6, 6.07) is 6.73. The van der Waals surface area contributed by atoms with E-state index in [1.807, 2.05) is 31.2 Å². The number of carbonyl (C=O) groups is 2. The van der Waals surface area contributed by atoms with Gasteiger partial charge in [0.1, 0.15) is 6.04 Å². The first-order valence-corrected chi connectivity index (χ1v) is 11.5. The van der Waals surface area contributed by atoms with Crippen LogP contribution >= 0.6 is 0 Å². The normalized spacial score (nSPS) is 22.6. The highest BCUT2D eigenvalue weighted by atomic mass is 32.2. The summed E-state index contributed by atoms with van der Waals surface area (Å²) in [5, 5.41) is 5.80. The first kappa shape index (κ1) is 20.8. The molecular weight excluding hydrogens is 378 g/mol. The number of benzene rings is 1. The number of hydrogen-bond acceptors (Lipinski definition) is 4. The van der Waals surface area contributed by atoms with Crippen LogP contribution in [0.3, 0.4) is 0 Å². The predicted molar refractivity (Wildman–Crippen MR) is 107 cm³/mol. The molecule has 0 radical (unpaired) electrons. The number of rotatable bonds is 5. The van der Waals surface area contributed by atoms with Crippen molar-refractivity contribution in [2.24, 2.45) is 0 Å². The van der Waals surface area contributed by atoms with Gasteiger partial charge in [0.2, 0.25) is 21.8 Å². The highest BCUT2D eigenvalue weighted by molar-refractivity contribution is 7.89. The highest BCUT2D eigenvalue weighted by Crippen LogP contribution is 2.32. The summed E-state index contributed by atoms with van der Waals surface area (Å²) in [4.78, 5) is 25.4. The largest absolute Gasteiger partial charge is 0.348 e. The topological polar surface area (TPSA) is 95.6 Å². The lowest BCUT2D eigenvalue weighted by Gasteiger charge is -2.32. The fourth-order valence-electron chi connectivity index (χ4n) is 4.17. The Morgan fingerprint density at radius 1 is 1.32 bits per heavy atom. The molecular formula is C20H29N3O4S. The van der Waals surface area contributed by atoms with E-state index in [9.17, 15) is 18.0 Å². The lowest BCUT2D eigenvalue weighted by molar-refractivity contribution is -0.129. The van der Waals surface area contributed by atoms with E-state index in [0.29, 0.717) is 0 Å². The summed E-state index contributed by atoms with van der Waals surface area (Å²) in [5.41, 5.74) is 1.40. The van der Waals surface area contributed by atoms with Crippen LogP contribution in [0.1, 0.15) is 43.7 Å². The molecule has 1 saturated carbocycles. The minimum absolute atomic E-state index is 0.0245. The van der Waals surface area contributed by atoms with Crippen molar-refractivity contribution in [3.8, 4) is 0 Å². The number of sulfonamides is 1. The molecule has 1 aliphatic heterocycles. The Hall–Kier alpha value is -1.93. The van der Waals surface area contributed by atoms with Crippen LogP contribution in [0.2, 0.25) is 0 Å². The van der Waals surface area contributed by atoms with Gasteiger partial charge in [-0.3, -0.25) is 9.59 Å². The molecule has 1 heterocycles. The minimum atomic E-state index is -3.47. The average molecular weight is 408 g/mol. The molecule has 1 saturated heterocycles. The van der Waals surface area contributed by atoms with Gasteiger partial charge in [-0.1, -0.05) is 42.7 Å². The van der Waals surface area contributed by atoms with Crippen LogP contribution < -0.4 is 10.6 Å². The molecule has 2 amide bonds. The maximum absolute atomic E-state index is 12.8. The van der Waals surface area contributed by atoms with Crippen molar-refractivity contribution in [2.45, 2.75) is 57.5 Å². The zero-order valence-corrected chi connectivity index (χ0v) is 17.3. The van der Waals surface area contributed by atoms with E-state index in [4.69, 9.17) is 0 Å². The van der Waals surface area contributed by atoms with Gasteiger partial charge in [0.15, 0.2) is 0 Å². The van der Waals surface area contributed by atoms with Crippen molar-refractivity contribution in [2.75, 3.05) is 18.8 Å². The number of hydrogen-bond donors (Lipinski definition) is 2. The van der Waals surface area contributed by atoms with Gasteiger partial charge in [-0.15, -0.1) is 0 Å². The van der Waals surface area contributed by atoms with Crippen molar-refractivity contribution < 1.29 is 18.0 Å². The van der Waals surface area contributed by atoms with Gasteiger partial charge in [-0.25, -0.2) is 8.42 Å². The van der Waals surface area contributed by atoms with Crippen LogP contribution in [0.15, 0.2) is 24.3 Å². The second-order valence-corrected chi connectivity index (χ2v) is 10.2. The maximum Gasteiger partial charge on any atom is 0.244 e. The molecule has 3 rings (SSSR count). The maximum atomic E-state index is 12.8. The first-order valence-electron chi connectivity index (χ1n) is 9.88. The van der Waals surface area contributed by atoms with Gasteiger partial charge in [-0.05, 0) is 32.3 Å². The fourth-order valence-corrected chi connectivity index (χ4v) is 5.36. The molecule has 1 aromatic carbocycles. The zero-order valence-electron chi connectivity index (χ0n) is 16.5. The molecule has 1 aliphatic carbocycles. The molecule has 0 bridgehead atoms. The quantitative estimate of drug-likeness (QED) is 0.765. The molecule has 1 atom stereocenters. The summed E-state index contributed by atoms with van der Waals surface area (Å²) >= 11 is 0. The van der Waals surface area contributed by atoms with Crippen molar-refractivity contribution in [1.82, 2.24) is 14.9 Å². The van der Waals surface area contributed by atoms with Crippen molar-refractivity contribution >= 4 is 21.8 Å². The fraction of sp³-hybridized carbons (Fsp3) is 0.600. The van der Waals surface area contributed by atoms with E-state index in [2.05, 4.69) is 10.6 Å². The molecule has 1 aromatic rings. The molecule has 2 N–H and O–H groups in total. The average Bonchev–Trinajstić information content (AvgIpc) is 3.02. The van der Waals surface area contributed by atoms with Crippen LogP contribution in [0.5, 0.6) is 0 Å². The lowest BCUT2D eigenvalue weighted by Crippen LogP contribution is -2.54. The lowest BCUT2D eigenvalue weighted by atomic mass is 9.98. The van der Waals surface area contributed by atoms with E-state index in [0.717, 1.165) is 36.8 Å². The molecule has 154 valence electrons. The summed E-state index contributed by atoms with van der Waals surface area (Å²) in [6.07, 6.45) is 3.60. The third-order valence-electron chi connectivity index (χ3n) is 5.67. The SMILES string of the molecule is CCS(=O)(=O)N1CC(NC(=O)Cc2cccc(C)c2)C(=O)NC2(CCCC2)C1. The standard InChI is InChI=1S/C20H29N3O4S/c1-3-28(26,27)23-13-17(19(25)22-20(14-23)9-4-5-10-20)21-18(24)12-16-8-6-7-15(2)11-16/h6-8,11,17H,3-5,9-10,12-14H2,1-2H3,(H,21,24)(H,22,25). The Kier molecular flexibility index (Phi) is 6.09. The van der Waals surface area contributed by atoms with E-state index in [-0.39, 0.29) is 37.1 Å². The van der Waals surface area contributed by atoms with Crippen molar-refractivity contribution in [3.05, 3.63) is 35.4 Å². The van der Waals surface area contributed by atoms with Crippen LogP contribution in [0.25, 0.3) is 0 Å². The molecule has 0 aromatic heterocycles. The summed E-state index contributed by atoms with van der Waals surface area (Å²) < 4.78 is 26.6. The smallest absolute Gasteiger partial charge is 0.244 e. The van der Waals surface area contributed by atoms with E-state index in [1.54, 1.807) is 6.92 Å². The Balaban J connectivity index is 1.77. The van der Waals surface area contributed by atoms with Gasteiger partial charge in [0.05, 0.1) is 17.7 Å². The molecule has 1 spiro atoms. The monoisotopic (exact) mass is 407 g/mol. The Morgan fingerprint density at radius 3 is 2.68 bits per heavy atom. The Bertz CT molecular complexity index is 847. The molecule has 2 fully saturated rings. The molecule has 7 nitrogen and oxygen atoms in total. The number of carbonyl (C=O) groups excluding carboxylic acids is 2. The van der Waals surface area contributed by atoms with E-state index >= 15 is 0 Å². The minimum Gasteiger partial charge on any atom is -0.348 e. The molecule has 8 heteroatoms. The van der Waals surface area contributed by atoms with Crippen LogP contribution in [-0.2, 0) is 26.0 Å². The van der Waals surface area contributed by atoms with Crippen molar-refractivity contribution in [3.63, 3.8) is 0 Å². The highest BCUT2D eigenvalue weighted by Gasteiger charge is 2.44. The summed E-state index contributed by atoms with van der Waals surface area (Å²) in [6.45, 7) is 3.80. The predicted octanol–water partition coefficient (Wildman–Crippen LogP) is 1.12. The van der Waals surface area contributed by atoms with E-state index < -0.39 is 21.6 Å². The van der Waals surface area contributed by atoms with Gasteiger partial charge in [-0.2, -0.15) is 4.31 Å². The van der Waals surface area contributed by atoms with Gasteiger partial charge < -0.3 is 10.6 Å². The third-order valence-corrected chi connectivity index (χ3v) is 7.47. The molecule has 1 unspecified atom stereocenters. The Labute approximate surface area is 166 Å². The molecule has 28 heavy (non-hydrogen) atoms. The van der Waals surface area contributed by atoms with Crippen LogP contribution in [0.4, 0.5) is 0 Å². The second kappa shape index (κ2) is 8.21. The second-order valence-electron chi connectivity index (χ2n) is 7.96. The first-order chi connectivity index (χ1) is 13.2. The van der Waals surface area contributed by atoms with Crippen molar-refractivity contribution in [1.29, 1.82) is 0 Å². The Morgan fingerprint density at radius 2 is 2.04 bits per heavy atom. The number of nitrogens with one attached hydrogen (secondary N) is 2. The number of aryl methyl sites for hydroxylation is 1. The molecule has 2 aliphatic rings. The van der Waals surface area contributed by atoms with Crippen LogP contribution in [0, 0.1) is 6.92 Å². The van der Waals surface area contributed by atoms with Gasteiger partial charge in [0, 0.05) is 13.1 Å². The van der Waals surface area contributed by atoms with Gasteiger partial charge >= 0.3 is 0 Å². The van der Waals surface area contributed by atoms with Crippen LogP contribution in [-0.4, -0.2) is 55.0 Å².